The van der Waals surface area contributed by atoms with Gasteiger partial charge in [-0.15, -0.1) is 5.10 Å². The normalized spacial score (nSPS) is 17.4. The summed E-state index contributed by atoms with van der Waals surface area (Å²) in [5.41, 5.74) is -0.456. The molecular weight excluding hydrogens is 262 g/mol. The van der Waals surface area contributed by atoms with Crippen LogP contribution in [0.5, 0.6) is 0 Å². The maximum absolute atomic E-state index is 12.0. The number of aliphatic carboxylic acids is 1. The van der Waals surface area contributed by atoms with Gasteiger partial charge in [-0.25, -0.2) is 9.48 Å². The van der Waals surface area contributed by atoms with E-state index in [1.807, 2.05) is 0 Å². The molecule has 0 bridgehead atoms. The molecular formula is C12H19N5O3. The van der Waals surface area contributed by atoms with E-state index in [0.29, 0.717) is 0 Å². The Labute approximate surface area is 116 Å². The summed E-state index contributed by atoms with van der Waals surface area (Å²) in [5.74, 6) is -1.59. The average molecular weight is 281 g/mol. The highest BCUT2D eigenvalue weighted by atomic mass is 16.4. The Morgan fingerprint density at radius 3 is 2.60 bits per heavy atom. The standard InChI is InChI=1S/C12H19N5O3/c1-12(2,3)9(11(19)20)14-10(18)8-6-17(16-15-8)7-4-13-5-7/h6-7,9,13H,4-5H2,1-3H3,(H,14,18)(H,19,20). The number of nitrogens with zero attached hydrogens (tertiary/aromatic N) is 3. The maximum atomic E-state index is 12.0. The van der Waals surface area contributed by atoms with Gasteiger partial charge < -0.3 is 15.7 Å². The Morgan fingerprint density at radius 2 is 2.15 bits per heavy atom. The SMILES string of the molecule is CC(C)(C)C(NC(=O)c1cn(C2CNC2)nn1)C(=O)O. The van der Waals surface area contributed by atoms with E-state index in [4.69, 9.17) is 0 Å². The lowest BCUT2D eigenvalue weighted by Crippen LogP contribution is -2.49. The zero-order valence-electron chi connectivity index (χ0n) is 11.8. The monoisotopic (exact) mass is 281 g/mol. The molecule has 2 heterocycles. The van der Waals surface area contributed by atoms with E-state index < -0.39 is 23.3 Å². The van der Waals surface area contributed by atoms with Crippen LogP contribution < -0.4 is 10.6 Å². The number of hydrogen-bond donors (Lipinski definition) is 3. The second kappa shape index (κ2) is 5.20. The van der Waals surface area contributed by atoms with Crippen molar-refractivity contribution in [2.75, 3.05) is 13.1 Å². The largest absolute Gasteiger partial charge is 0.480 e. The second-order valence-electron chi connectivity index (χ2n) is 6.01. The summed E-state index contributed by atoms with van der Waals surface area (Å²) in [7, 11) is 0. The van der Waals surface area contributed by atoms with Crippen molar-refractivity contribution in [3.63, 3.8) is 0 Å². The smallest absolute Gasteiger partial charge is 0.326 e. The molecule has 0 aromatic carbocycles. The molecule has 8 heteroatoms. The molecule has 1 fully saturated rings. The number of carbonyl (C=O) groups excluding carboxylic acids is 1. The third kappa shape index (κ3) is 2.96. The van der Waals surface area contributed by atoms with E-state index >= 15 is 0 Å². The molecule has 1 aliphatic rings. The molecule has 0 aliphatic carbocycles. The van der Waals surface area contributed by atoms with Crippen molar-refractivity contribution < 1.29 is 14.7 Å². The Morgan fingerprint density at radius 1 is 1.50 bits per heavy atom. The minimum Gasteiger partial charge on any atom is -0.480 e. The van der Waals surface area contributed by atoms with Crippen LogP contribution in [0.25, 0.3) is 0 Å². The number of carbonyl (C=O) groups is 2. The molecule has 1 amide bonds. The van der Waals surface area contributed by atoms with Crippen molar-refractivity contribution in [3.05, 3.63) is 11.9 Å². The first-order valence-corrected chi connectivity index (χ1v) is 6.45. The van der Waals surface area contributed by atoms with Crippen molar-refractivity contribution in [3.8, 4) is 0 Å². The van der Waals surface area contributed by atoms with Crippen LogP contribution in [0.15, 0.2) is 6.20 Å². The van der Waals surface area contributed by atoms with Gasteiger partial charge in [0, 0.05) is 13.1 Å². The summed E-state index contributed by atoms with van der Waals surface area (Å²) in [4.78, 5) is 23.3. The van der Waals surface area contributed by atoms with Crippen molar-refractivity contribution >= 4 is 11.9 Å². The summed E-state index contributed by atoms with van der Waals surface area (Å²) in [5, 5.41) is 22.5. The minimum atomic E-state index is -1.07. The fourth-order valence-electron chi connectivity index (χ4n) is 1.87. The van der Waals surface area contributed by atoms with E-state index in [1.54, 1.807) is 31.6 Å². The lowest BCUT2D eigenvalue weighted by atomic mass is 9.86. The van der Waals surface area contributed by atoms with Crippen LogP contribution in [-0.2, 0) is 4.79 Å². The molecule has 8 nitrogen and oxygen atoms in total. The van der Waals surface area contributed by atoms with E-state index in [0.717, 1.165) is 13.1 Å². The number of amides is 1. The molecule has 1 aromatic heterocycles. The van der Waals surface area contributed by atoms with Crippen LogP contribution in [-0.4, -0.2) is 51.1 Å². The van der Waals surface area contributed by atoms with Gasteiger partial charge >= 0.3 is 5.97 Å². The number of rotatable bonds is 4. The predicted molar refractivity (Wildman–Crippen MR) is 70.3 cm³/mol. The van der Waals surface area contributed by atoms with Crippen LogP contribution >= 0.6 is 0 Å². The zero-order chi connectivity index (χ0) is 14.9. The van der Waals surface area contributed by atoms with Crippen molar-refractivity contribution in [2.45, 2.75) is 32.9 Å². The maximum Gasteiger partial charge on any atom is 0.326 e. The van der Waals surface area contributed by atoms with Crippen molar-refractivity contribution in [2.24, 2.45) is 5.41 Å². The van der Waals surface area contributed by atoms with Crippen LogP contribution in [0, 0.1) is 5.41 Å². The summed E-state index contributed by atoms with van der Waals surface area (Å²) in [6.45, 7) is 6.85. The lowest BCUT2D eigenvalue weighted by molar-refractivity contribution is -0.142. The van der Waals surface area contributed by atoms with Gasteiger partial charge in [-0.3, -0.25) is 4.79 Å². The fourth-order valence-corrected chi connectivity index (χ4v) is 1.87. The Hall–Kier alpha value is -1.96. The van der Waals surface area contributed by atoms with Gasteiger partial charge in [0.25, 0.3) is 5.91 Å². The molecule has 1 saturated heterocycles. The van der Waals surface area contributed by atoms with Crippen LogP contribution in [0.2, 0.25) is 0 Å². The van der Waals surface area contributed by atoms with Crippen LogP contribution in [0.3, 0.4) is 0 Å². The molecule has 2 rings (SSSR count). The van der Waals surface area contributed by atoms with E-state index in [9.17, 15) is 14.7 Å². The van der Waals surface area contributed by atoms with Crippen molar-refractivity contribution in [1.82, 2.24) is 25.6 Å². The lowest BCUT2D eigenvalue weighted by Gasteiger charge is -2.27. The third-order valence-electron chi connectivity index (χ3n) is 3.27. The Bertz CT molecular complexity index is 515. The Kier molecular flexibility index (Phi) is 3.76. The quantitative estimate of drug-likeness (QED) is 0.696. The molecule has 110 valence electrons. The fraction of sp³-hybridized carbons (Fsp3) is 0.667. The van der Waals surface area contributed by atoms with Gasteiger partial charge in [0.15, 0.2) is 5.69 Å². The zero-order valence-corrected chi connectivity index (χ0v) is 11.8. The van der Waals surface area contributed by atoms with Gasteiger partial charge in [0.1, 0.15) is 6.04 Å². The molecule has 0 spiro atoms. The van der Waals surface area contributed by atoms with E-state index in [-0.39, 0.29) is 11.7 Å². The number of nitrogens with one attached hydrogen (secondary N) is 2. The first kappa shape index (κ1) is 14.4. The molecule has 0 radical (unpaired) electrons. The molecule has 20 heavy (non-hydrogen) atoms. The number of hydrogen-bond acceptors (Lipinski definition) is 5. The summed E-state index contributed by atoms with van der Waals surface area (Å²) in [6.07, 6.45) is 1.54. The molecule has 1 aromatic rings. The highest BCUT2D eigenvalue weighted by Crippen LogP contribution is 2.20. The van der Waals surface area contributed by atoms with Crippen LogP contribution in [0.1, 0.15) is 37.3 Å². The van der Waals surface area contributed by atoms with E-state index in [1.165, 1.54) is 0 Å². The Balaban J connectivity index is 2.06. The molecule has 3 N–H and O–H groups in total. The third-order valence-corrected chi connectivity index (χ3v) is 3.27. The predicted octanol–water partition coefficient (Wildman–Crippen LogP) is -0.348. The van der Waals surface area contributed by atoms with Crippen LogP contribution in [0.4, 0.5) is 0 Å². The number of aromatic nitrogens is 3. The van der Waals surface area contributed by atoms with E-state index in [2.05, 4.69) is 20.9 Å². The highest BCUT2D eigenvalue weighted by Gasteiger charge is 2.33. The highest BCUT2D eigenvalue weighted by molar-refractivity contribution is 5.94. The summed E-state index contributed by atoms with van der Waals surface area (Å²) >= 11 is 0. The number of carboxylic acids is 1. The minimum absolute atomic E-state index is 0.132. The first-order valence-electron chi connectivity index (χ1n) is 6.45. The number of carboxylic acid groups (broad SMARTS) is 1. The van der Waals surface area contributed by atoms with Crippen molar-refractivity contribution in [1.29, 1.82) is 0 Å². The molecule has 1 unspecified atom stereocenters. The molecule has 1 atom stereocenters. The topological polar surface area (TPSA) is 109 Å². The van der Waals surface area contributed by atoms with Gasteiger partial charge in [-0.1, -0.05) is 26.0 Å². The second-order valence-corrected chi connectivity index (χ2v) is 6.01. The van der Waals surface area contributed by atoms with Gasteiger partial charge in [0.2, 0.25) is 0 Å². The molecule has 1 aliphatic heterocycles. The van der Waals surface area contributed by atoms with Gasteiger partial charge in [-0.05, 0) is 5.41 Å². The average Bonchev–Trinajstić information content (AvgIpc) is 2.70. The first-order chi connectivity index (χ1) is 9.29. The summed E-state index contributed by atoms with van der Waals surface area (Å²) in [6, 6.07) is -0.771. The van der Waals surface area contributed by atoms with Gasteiger partial charge in [-0.2, -0.15) is 0 Å². The molecule has 0 saturated carbocycles. The summed E-state index contributed by atoms with van der Waals surface area (Å²) < 4.78 is 1.62. The van der Waals surface area contributed by atoms with Gasteiger partial charge in [0.05, 0.1) is 12.2 Å².